The number of hydrogen-bond donors (Lipinski definition) is 1. The van der Waals surface area contributed by atoms with Crippen LogP contribution in [-0.4, -0.2) is 26.0 Å². The van der Waals surface area contributed by atoms with Crippen molar-refractivity contribution in [3.05, 3.63) is 34.4 Å². The van der Waals surface area contributed by atoms with E-state index in [0.717, 1.165) is 0 Å². The first-order valence-corrected chi connectivity index (χ1v) is 4.82. The van der Waals surface area contributed by atoms with Crippen LogP contribution in [0.2, 0.25) is 5.02 Å². The summed E-state index contributed by atoms with van der Waals surface area (Å²) in [7, 11) is 0. The zero-order chi connectivity index (χ0) is 11.7. The van der Waals surface area contributed by atoms with Crippen molar-refractivity contribution in [3.63, 3.8) is 0 Å². The Hall–Kier alpha value is -1.82. The van der Waals surface area contributed by atoms with E-state index in [2.05, 4.69) is 10.3 Å². The zero-order valence-electron chi connectivity index (χ0n) is 8.35. The van der Waals surface area contributed by atoms with Gasteiger partial charge in [0.1, 0.15) is 6.54 Å². The Balaban J connectivity index is 2.17. The largest absolute Gasteiger partial charge is 0.476 e. The van der Waals surface area contributed by atoms with Gasteiger partial charge in [0.15, 0.2) is 11.5 Å². The maximum atomic E-state index is 10.6. The average molecular weight is 242 g/mol. The minimum absolute atomic E-state index is 0.120. The third-order valence-electron chi connectivity index (χ3n) is 1.98. The van der Waals surface area contributed by atoms with Crippen LogP contribution in [0, 0.1) is 6.92 Å². The number of nitrogens with zero attached hydrogens (tertiary/aromatic N) is 3. The Morgan fingerprint density at radius 1 is 1.69 bits per heavy atom. The molecule has 0 saturated carbocycles. The van der Waals surface area contributed by atoms with Crippen molar-refractivity contribution >= 4 is 17.6 Å². The van der Waals surface area contributed by atoms with Gasteiger partial charge in [-0.1, -0.05) is 16.8 Å². The molecule has 0 radical (unpaired) electrons. The van der Waals surface area contributed by atoms with Crippen LogP contribution < -0.4 is 0 Å². The van der Waals surface area contributed by atoms with Crippen molar-refractivity contribution < 1.29 is 14.4 Å². The molecule has 6 nitrogen and oxygen atoms in total. The molecule has 1 N–H and O–H groups in total. The van der Waals surface area contributed by atoms with Gasteiger partial charge in [-0.15, -0.1) is 0 Å². The summed E-state index contributed by atoms with van der Waals surface area (Å²) in [4.78, 5) is 10.6. The molecule has 0 fully saturated rings. The van der Waals surface area contributed by atoms with E-state index in [-0.39, 0.29) is 5.69 Å². The summed E-state index contributed by atoms with van der Waals surface area (Å²) in [5.41, 5.74) is 0.588. The van der Waals surface area contributed by atoms with Crippen LogP contribution in [0.5, 0.6) is 0 Å². The lowest BCUT2D eigenvalue weighted by Crippen LogP contribution is -1.99. The van der Waals surface area contributed by atoms with E-state index in [4.69, 9.17) is 21.2 Å². The molecule has 0 saturated heterocycles. The predicted molar refractivity (Wildman–Crippen MR) is 54.5 cm³/mol. The SMILES string of the molecule is Cc1nn(Cc2cc(C(=O)O)no2)cc1Cl. The van der Waals surface area contributed by atoms with Gasteiger partial charge in [-0.05, 0) is 6.92 Å². The minimum atomic E-state index is -1.12. The van der Waals surface area contributed by atoms with E-state index < -0.39 is 5.97 Å². The summed E-state index contributed by atoms with van der Waals surface area (Å²) in [6.45, 7) is 2.08. The van der Waals surface area contributed by atoms with Gasteiger partial charge in [-0.25, -0.2) is 4.79 Å². The number of aromatic nitrogens is 3. The molecule has 2 heterocycles. The third-order valence-corrected chi connectivity index (χ3v) is 2.35. The molecule has 16 heavy (non-hydrogen) atoms. The van der Waals surface area contributed by atoms with Crippen molar-refractivity contribution in [1.29, 1.82) is 0 Å². The molecule has 0 bridgehead atoms. The number of hydrogen-bond acceptors (Lipinski definition) is 4. The molecule has 84 valence electrons. The molecular weight excluding hydrogens is 234 g/mol. The number of carboxylic acids is 1. The molecule has 2 rings (SSSR count). The van der Waals surface area contributed by atoms with E-state index in [1.54, 1.807) is 17.8 Å². The van der Waals surface area contributed by atoms with Gasteiger partial charge < -0.3 is 9.63 Å². The second kappa shape index (κ2) is 3.97. The van der Waals surface area contributed by atoms with Crippen molar-refractivity contribution in [1.82, 2.24) is 14.9 Å². The average Bonchev–Trinajstić information content (AvgIpc) is 2.76. The lowest BCUT2D eigenvalue weighted by molar-refractivity contribution is 0.0685. The first kappa shape index (κ1) is 10.7. The fourth-order valence-corrected chi connectivity index (χ4v) is 1.37. The molecule has 7 heteroatoms. The summed E-state index contributed by atoms with van der Waals surface area (Å²) >= 11 is 5.83. The minimum Gasteiger partial charge on any atom is -0.476 e. The Morgan fingerprint density at radius 2 is 2.44 bits per heavy atom. The van der Waals surface area contributed by atoms with Gasteiger partial charge in [0, 0.05) is 12.3 Å². The summed E-state index contributed by atoms with van der Waals surface area (Å²) in [6.07, 6.45) is 1.64. The van der Waals surface area contributed by atoms with Crippen LogP contribution >= 0.6 is 11.6 Å². The number of rotatable bonds is 3. The van der Waals surface area contributed by atoms with E-state index in [9.17, 15) is 4.79 Å². The normalized spacial score (nSPS) is 10.6. The third kappa shape index (κ3) is 2.06. The fraction of sp³-hybridized carbons (Fsp3) is 0.222. The summed E-state index contributed by atoms with van der Waals surface area (Å²) < 4.78 is 6.40. The van der Waals surface area contributed by atoms with E-state index >= 15 is 0 Å². The van der Waals surface area contributed by atoms with Crippen LogP contribution in [0.1, 0.15) is 21.9 Å². The maximum absolute atomic E-state index is 10.6. The quantitative estimate of drug-likeness (QED) is 0.882. The summed E-state index contributed by atoms with van der Waals surface area (Å²) in [6, 6.07) is 1.35. The molecule has 0 unspecified atom stereocenters. The Kier molecular flexibility index (Phi) is 2.66. The number of halogens is 1. The molecular formula is C9H8ClN3O3. The molecule has 0 aliphatic heterocycles. The summed E-state index contributed by atoms with van der Waals surface area (Å²) in [5, 5.41) is 16.7. The Morgan fingerprint density at radius 3 is 2.94 bits per heavy atom. The van der Waals surface area contributed by atoms with Gasteiger partial charge >= 0.3 is 5.97 Å². The van der Waals surface area contributed by atoms with Crippen LogP contribution in [0.25, 0.3) is 0 Å². The van der Waals surface area contributed by atoms with Gasteiger partial charge in [0.2, 0.25) is 0 Å². The summed E-state index contributed by atoms with van der Waals surface area (Å²) in [5.74, 6) is -0.707. The topological polar surface area (TPSA) is 81.2 Å². The molecule has 0 aliphatic carbocycles. The molecule has 2 aromatic rings. The van der Waals surface area contributed by atoms with Crippen molar-refractivity contribution in [2.75, 3.05) is 0 Å². The lowest BCUT2D eigenvalue weighted by atomic mass is 10.3. The van der Waals surface area contributed by atoms with Crippen molar-refractivity contribution in [3.8, 4) is 0 Å². The fourth-order valence-electron chi connectivity index (χ4n) is 1.22. The highest BCUT2D eigenvalue weighted by atomic mass is 35.5. The lowest BCUT2D eigenvalue weighted by Gasteiger charge is -1.94. The van der Waals surface area contributed by atoms with Crippen molar-refractivity contribution in [2.24, 2.45) is 0 Å². The highest BCUT2D eigenvalue weighted by Gasteiger charge is 2.11. The highest BCUT2D eigenvalue weighted by molar-refractivity contribution is 6.31. The first-order valence-electron chi connectivity index (χ1n) is 4.44. The molecule has 2 aromatic heterocycles. The van der Waals surface area contributed by atoms with E-state index in [1.807, 2.05) is 0 Å². The second-order valence-electron chi connectivity index (χ2n) is 3.24. The van der Waals surface area contributed by atoms with E-state index in [0.29, 0.717) is 23.0 Å². The standard InChI is InChI=1S/C9H8ClN3O3/c1-5-7(10)4-13(11-5)3-6-2-8(9(14)15)12-16-6/h2,4H,3H2,1H3,(H,14,15). The maximum Gasteiger partial charge on any atom is 0.358 e. The van der Waals surface area contributed by atoms with Gasteiger partial charge in [0.05, 0.1) is 10.7 Å². The van der Waals surface area contributed by atoms with Crippen LogP contribution in [0.3, 0.4) is 0 Å². The number of carboxylic acid groups (broad SMARTS) is 1. The zero-order valence-corrected chi connectivity index (χ0v) is 9.10. The highest BCUT2D eigenvalue weighted by Crippen LogP contribution is 2.13. The molecule has 0 amide bonds. The van der Waals surface area contributed by atoms with Crippen LogP contribution in [-0.2, 0) is 6.54 Å². The number of aromatic carboxylic acids is 1. The van der Waals surface area contributed by atoms with E-state index in [1.165, 1.54) is 6.07 Å². The Labute approximate surface area is 95.4 Å². The predicted octanol–water partition coefficient (Wildman–Crippen LogP) is 1.58. The number of carbonyl (C=O) groups is 1. The Bertz CT molecular complexity index is 512. The molecule has 0 spiro atoms. The van der Waals surface area contributed by atoms with Gasteiger partial charge in [0.25, 0.3) is 0 Å². The van der Waals surface area contributed by atoms with Crippen molar-refractivity contribution in [2.45, 2.75) is 13.5 Å². The second-order valence-corrected chi connectivity index (χ2v) is 3.65. The van der Waals surface area contributed by atoms with Gasteiger partial charge in [-0.3, -0.25) is 4.68 Å². The number of aryl methyl sites for hydroxylation is 1. The smallest absolute Gasteiger partial charge is 0.358 e. The molecule has 0 aliphatic rings. The van der Waals surface area contributed by atoms with Crippen LogP contribution in [0.15, 0.2) is 16.8 Å². The monoisotopic (exact) mass is 241 g/mol. The van der Waals surface area contributed by atoms with Crippen LogP contribution in [0.4, 0.5) is 0 Å². The van der Waals surface area contributed by atoms with Gasteiger partial charge in [-0.2, -0.15) is 5.10 Å². The molecule has 0 aromatic carbocycles. The first-order chi connectivity index (χ1) is 7.56. The molecule has 0 atom stereocenters.